The van der Waals surface area contributed by atoms with Gasteiger partial charge in [-0.3, -0.25) is 19.8 Å². The van der Waals surface area contributed by atoms with Crippen LogP contribution in [0, 0.1) is 22.5 Å². The predicted molar refractivity (Wildman–Crippen MR) is 133 cm³/mol. The molecule has 0 unspecified atom stereocenters. The Labute approximate surface area is 208 Å². The fourth-order valence-electron chi connectivity index (χ4n) is 4.95. The van der Waals surface area contributed by atoms with Crippen LogP contribution in [0.15, 0.2) is 65.1 Å². The molecule has 2 aromatic carbocycles. The van der Waals surface area contributed by atoms with Gasteiger partial charge in [-0.05, 0) is 42.0 Å². The van der Waals surface area contributed by atoms with Gasteiger partial charge in [0.05, 0.1) is 29.2 Å². The number of ketones is 1. The van der Waals surface area contributed by atoms with Crippen molar-refractivity contribution in [2.45, 2.75) is 39.5 Å². The highest BCUT2D eigenvalue weighted by atomic mass is 35.5. The van der Waals surface area contributed by atoms with Gasteiger partial charge in [0.15, 0.2) is 5.78 Å². The largest absolute Gasteiger partial charge is 0.466 e. The van der Waals surface area contributed by atoms with E-state index in [9.17, 15) is 19.7 Å². The number of nitro groups is 1. The minimum Gasteiger partial charge on any atom is -0.466 e. The Morgan fingerprint density at radius 2 is 1.86 bits per heavy atom. The monoisotopic (exact) mass is 495 g/mol. The van der Waals surface area contributed by atoms with Crippen molar-refractivity contribution in [3.63, 3.8) is 0 Å². The van der Waals surface area contributed by atoms with Gasteiger partial charge in [0.2, 0.25) is 0 Å². The summed E-state index contributed by atoms with van der Waals surface area (Å²) in [5.74, 6) is -1.48. The number of methoxy groups -OCH3 is 1. The number of Topliss-reactive ketones (excluding diaryl/α,β-unsaturated/α-hetero) is 1. The van der Waals surface area contributed by atoms with Gasteiger partial charge in [0.25, 0.3) is 5.69 Å². The lowest BCUT2D eigenvalue weighted by Crippen LogP contribution is -2.44. The first-order valence-corrected chi connectivity index (χ1v) is 11.5. The number of allylic oxidation sites excluding steroid dienone is 2. The molecule has 0 bridgehead atoms. The van der Waals surface area contributed by atoms with Gasteiger partial charge in [-0.2, -0.15) is 0 Å². The van der Waals surface area contributed by atoms with E-state index < -0.39 is 16.8 Å². The third-order valence-corrected chi connectivity index (χ3v) is 6.99. The van der Waals surface area contributed by atoms with E-state index >= 15 is 0 Å². The van der Waals surface area contributed by atoms with Crippen LogP contribution in [-0.2, 0) is 14.3 Å². The van der Waals surface area contributed by atoms with Crippen LogP contribution < -0.4 is 10.6 Å². The van der Waals surface area contributed by atoms with Crippen molar-refractivity contribution in [2.75, 3.05) is 12.0 Å². The number of nitro benzene ring substituents is 1. The topological polar surface area (TPSA) is 116 Å². The number of nitrogens with two attached hydrogens (primary N) is 1. The van der Waals surface area contributed by atoms with Gasteiger partial charge in [-0.1, -0.05) is 43.6 Å². The Bertz CT molecular complexity index is 1310. The van der Waals surface area contributed by atoms with Crippen LogP contribution in [0.2, 0.25) is 5.02 Å². The second kappa shape index (κ2) is 8.85. The van der Waals surface area contributed by atoms with Gasteiger partial charge in [0.1, 0.15) is 5.82 Å². The standard InChI is InChI=1S/C26H26ClN3O5/c1-14-17(27)6-5-7-18(14)29-19-12-26(2,3)13-20(31)22(19)21(23(24(29)28)25(32)35-4)15-8-10-16(11-9-15)30(33)34/h5-11,21H,12-13,28H2,1-4H3/t21-/m1/s1. The van der Waals surface area contributed by atoms with Crippen molar-refractivity contribution >= 4 is 34.7 Å². The minimum absolute atomic E-state index is 0.0948. The first kappa shape index (κ1) is 24.5. The van der Waals surface area contributed by atoms with Gasteiger partial charge in [0, 0.05) is 34.8 Å². The molecule has 0 saturated carbocycles. The average Bonchev–Trinajstić information content (AvgIpc) is 2.79. The molecule has 9 heteroatoms. The summed E-state index contributed by atoms with van der Waals surface area (Å²) in [6, 6.07) is 11.2. The number of non-ortho nitro benzene ring substituents is 1. The normalized spacial score (nSPS) is 19.5. The van der Waals surface area contributed by atoms with E-state index in [4.69, 9.17) is 22.1 Å². The highest BCUT2D eigenvalue weighted by Gasteiger charge is 2.46. The Morgan fingerprint density at radius 3 is 2.46 bits per heavy atom. The van der Waals surface area contributed by atoms with E-state index in [0.29, 0.717) is 34.0 Å². The van der Waals surface area contributed by atoms with Crippen molar-refractivity contribution < 1.29 is 19.2 Å². The Morgan fingerprint density at radius 1 is 1.20 bits per heavy atom. The first-order chi connectivity index (χ1) is 16.5. The Kier molecular flexibility index (Phi) is 6.19. The van der Waals surface area contributed by atoms with Crippen molar-refractivity contribution in [3.05, 3.63) is 91.4 Å². The van der Waals surface area contributed by atoms with Gasteiger partial charge < -0.3 is 10.5 Å². The molecule has 182 valence electrons. The molecule has 0 amide bonds. The third kappa shape index (κ3) is 4.18. The number of anilines is 1. The summed E-state index contributed by atoms with van der Waals surface area (Å²) in [5, 5.41) is 11.7. The van der Waals surface area contributed by atoms with Crippen LogP contribution in [0.5, 0.6) is 0 Å². The number of esters is 1. The summed E-state index contributed by atoms with van der Waals surface area (Å²) >= 11 is 6.42. The number of rotatable bonds is 4. The molecule has 8 nitrogen and oxygen atoms in total. The molecule has 0 saturated heterocycles. The van der Waals surface area contributed by atoms with Gasteiger partial charge in [-0.25, -0.2) is 4.79 Å². The second-order valence-electron chi connectivity index (χ2n) is 9.59. The first-order valence-electron chi connectivity index (χ1n) is 11.1. The van der Waals surface area contributed by atoms with Gasteiger partial charge in [-0.15, -0.1) is 0 Å². The predicted octanol–water partition coefficient (Wildman–Crippen LogP) is 5.15. The number of carbonyl (C=O) groups is 2. The molecule has 0 aromatic heterocycles. The molecule has 4 rings (SSSR count). The molecule has 1 atom stereocenters. The van der Waals surface area contributed by atoms with E-state index in [1.807, 2.05) is 26.8 Å². The van der Waals surface area contributed by atoms with Crippen LogP contribution >= 0.6 is 11.6 Å². The molecule has 1 aliphatic carbocycles. The SMILES string of the molecule is COC(=O)C1=C(N)N(c2cccc(Cl)c2C)C2=C(C(=O)CC(C)(C)C2)[C@H]1c1ccc([N+](=O)[O-])cc1. The molecule has 2 aliphatic rings. The van der Waals surface area contributed by atoms with Gasteiger partial charge >= 0.3 is 5.97 Å². The number of carbonyl (C=O) groups excluding carboxylic acids is 2. The van der Waals surface area contributed by atoms with Crippen LogP contribution in [0.1, 0.15) is 43.7 Å². The Hall–Kier alpha value is -3.65. The molecule has 1 aliphatic heterocycles. The fourth-order valence-corrected chi connectivity index (χ4v) is 5.12. The number of hydrogen-bond acceptors (Lipinski definition) is 7. The zero-order valence-electron chi connectivity index (χ0n) is 19.9. The number of benzene rings is 2. The quantitative estimate of drug-likeness (QED) is 0.354. The third-order valence-electron chi connectivity index (χ3n) is 6.58. The molecular weight excluding hydrogens is 470 g/mol. The molecule has 2 aromatic rings. The van der Waals surface area contributed by atoms with E-state index in [1.165, 1.54) is 19.2 Å². The second-order valence-corrected chi connectivity index (χ2v) is 10.0. The zero-order valence-corrected chi connectivity index (χ0v) is 20.7. The molecular formula is C26H26ClN3O5. The maximum absolute atomic E-state index is 13.7. The van der Waals surface area contributed by atoms with Crippen molar-refractivity contribution in [2.24, 2.45) is 11.1 Å². The molecule has 2 N–H and O–H groups in total. The van der Waals surface area contributed by atoms with Crippen molar-refractivity contribution in [1.29, 1.82) is 0 Å². The van der Waals surface area contributed by atoms with Crippen LogP contribution in [0.25, 0.3) is 0 Å². The summed E-state index contributed by atoms with van der Waals surface area (Å²) in [4.78, 5) is 39.2. The zero-order chi connectivity index (χ0) is 25.7. The van der Waals surface area contributed by atoms with Crippen LogP contribution in [0.3, 0.4) is 0 Å². The van der Waals surface area contributed by atoms with E-state index in [0.717, 1.165) is 5.56 Å². The summed E-state index contributed by atoms with van der Waals surface area (Å²) in [7, 11) is 1.25. The highest BCUT2D eigenvalue weighted by Crippen LogP contribution is 2.51. The lowest BCUT2D eigenvalue weighted by molar-refractivity contribution is -0.384. The molecule has 35 heavy (non-hydrogen) atoms. The van der Waals surface area contributed by atoms with E-state index in [-0.39, 0.29) is 34.7 Å². The lowest BCUT2D eigenvalue weighted by atomic mass is 9.68. The van der Waals surface area contributed by atoms with Crippen LogP contribution in [-0.4, -0.2) is 23.8 Å². The van der Waals surface area contributed by atoms with Crippen LogP contribution in [0.4, 0.5) is 11.4 Å². The van der Waals surface area contributed by atoms with Crippen molar-refractivity contribution in [1.82, 2.24) is 0 Å². The minimum atomic E-state index is -0.822. The summed E-state index contributed by atoms with van der Waals surface area (Å²) in [6.07, 6.45) is 0.810. The number of hydrogen-bond donors (Lipinski definition) is 1. The smallest absolute Gasteiger partial charge is 0.338 e. The lowest BCUT2D eigenvalue weighted by Gasteiger charge is -2.44. The average molecular weight is 496 g/mol. The van der Waals surface area contributed by atoms with E-state index in [2.05, 4.69) is 0 Å². The number of ether oxygens (including phenoxy) is 1. The molecule has 0 fully saturated rings. The fraction of sp³-hybridized carbons (Fsp3) is 0.308. The van der Waals surface area contributed by atoms with Crippen molar-refractivity contribution in [3.8, 4) is 0 Å². The Balaban J connectivity index is 2.04. The number of nitrogens with zero attached hydrogens (tertiary/aromatic N) is 2. The molecule has 1 heterocycles. The molecule has 0 spiro atoms. The summed E-state index contributed by atoms with van der Waals surface area (Å²) in [6.45, 7) is 5.86. The van der Waals surface area contributed by atoms with E-state index in [1.54, 1.807) is 29.2 Å². The summed E-state index contributed by atoms with van der Waals surface area (Å²) in [5.41, 5.74) is 9.45. The maximum Gasteiger partial charge on any atom is 0.338 e. The number of halogens is 1. The highest BCUT2D eigenvalue weighted by molar-refractivity contribution is 6.31. The molecule has 0 radical (unpaired) electrons. The maximum atomic E-state index is 13.7. The summed E-state index contributed by atoms with van der Waals surface area (Å²) < 4.78 is 5.10.